The summed E-state index contributed by atoms with van der Waals surface area (Å²) in [4.78, 5) is 16.8. The summed E-state index contributed by atoms with van der Waals surface area (Å²) in [5.41, 5.74) is 2.35. The summed E-state index contributed by atoms with van der Waals surface area (Å²) in [6.45, 7) is 6.02. The van der Waals surface area contributed by atoms with E-state index in [4.69, 9.17) is 9.51 Å². The van der Waals surface area contributed by atoms with E-state index in [1.54, 1.807) is 24.8 Å². The van der Waals surface area contributed by atoms with E-state index < -0.39 is 0 Å². The van der Waals surface area contributed by atoms with Crippen LogP contribution in [-0.2, 0) is 4.79 Å². The third-order valence-corrected chi connectivity index (χ3v) is 5.70. The van der Waals surface area contributed by atoms with E-state index in [0.29, 0.717) is 29.8 Å². The standard InChI is InChI=1S/C18H26N4O2S/c1-12-11-16(21-24-12)20-17(23)9-10-25-18-19-13(2)14(3)22(18)15-7-5-4-6-8-15/h11,15H,4-10H2,1-3H3,(H,20,21,23). The minimum Gasteiger partial charge on any atom is -0.360 e. The molecule has 7 heteroatoms. The Labute approximate surface area is 152 Å². The number of imidazole rings is 1. The molecule has 136 valence electrons. The highest BCUT2D eigenvalue weighted by atomic mass is 32.2. The molecule has 1 aliphatic carbocycles. The van der Waals surface area contributed by atoms with Crippen LogP contribution < -0.4 is 5.32 Å². The number of nitrogens with one attached hydrogen (secondary N) is 1. The average molecular weight is 362 g/mol. The van der Waals surface area contributed by atoms with Crippen molar-refractivity contribution in [2.75, 3.05) is 11.1 Å². The molecule has 0 aliphatic heterocycles. The van der Waals surface area contributed by atoms with Gasteiger partial charge in [0.25, 0.3) is 0 Å². The monoisotopic (exact) mass is 362 g/mol. The fourth-order valence-corrected chi connectivity index (χ4v) is 4.43. The number of aromatic nitrogens is 3. The topological polar surface area (TPSA) is 73.0 Å². The Bertz CT molecular complexity index is 732. The van der Waals surface area contributed by atoms with E-state index in [1.807, 2.05) is 0 Å². The van der Waals surface area contributed by atoms with Gasteiger partial charge in [-0.3, -0.25) is 4.79 Å². The fourth-order valence-electron chi connectivity index (χ4n) is 3.33. The van der Waals surface area contributed by atoms with Crippen molar-refractivity contribution in [2.24, 2.45) is 0 Å². The van der Waals surface area contributed by atoms with Gasteiger partial charge in [0.2, 0.25) is 5.91 Å². The zero-order valence-corrected chi connectivity index (χ0v) is 16.0. The molecule has 2 aromatic heterocycles. The first-order valence-electron chi connectivity index (χ1n) is 8.96. The first kappa shape index (κ1) is 18.0. The zero-order chi connectivity index (χ0) is 17.8. The van der Waals surface area contributed by atoms with Gasteiger partial charge in [-0.1, -0.05) is 36.2 Å². The van der Waals surface area contributed by atoms with Crippen molar-refractivity contribution < 1.29 is 9.32 Å². The van der Waals surface area contributed by atoms with Crippen LogP contribution in [0, 0.1) is 20.8 Å². The number of thioether (sulfide) groups is 1. The number of hydrogen-bond donors (Lipinski definition) is 1. The molecular weight excluding hydrogens is 336 g/mol. The van der Waals surface area contributed by atoms with Crippen LogP contribution in [0.4, 0.5) is 5.82 Å². The first-order chi connectivity index (χ1) is 12.0. The lowest BCUT2D eigenvalue weighted by Gasteiger charge is -2.26. The lowest BCUT2D eigenvalue weighted by Crippen LogP contribution is -2.16. The van der Waals surface area contributed by atoms with E-state index in [1.165, 1.54) is 37.8 Å². The third-order valence-electron chi connectivity index (χ3n) is 4.75. The van der Waals surface area contributed by atoms with Crippen molar-refractivity contribution in [2.45, 2.75) is 70.5 Å². The maximum atomic E-state index is 12.0. The third kappa shape index (κ3) is 4.45. The van der Waals surface area contributed by atoms with Crippen molar-refractivity contribution in [1.82, 2.24) is 14.7 Å². The van der Waals surface area contributed by atoms with Crippen molar-refractivity contribution in [3.8, 4) is 0 Å². The molecule has 1 saturated carbocycles. The smallest absolute Gasteiger partial charge is 0.226 e. The highest BCUT2D eigenvalue weighted by Crippen LogP contribution is 2.34. The summed E-state index contributed by atoms with van der Waals surface area (Å²) in [5.74, 6) is 1.81. The number of hydrogen-bond acceptors (Lipinski definition) is 5. The van der Waals surface area contributed by atoms with Crippen molar-refractivity contribution in [3.63, 3.8) is 0 Å². The summed E-state index contributed by atoms with van der Waals surface area (Å²) in [5, 5.41) is 7.59. The van der Waals surface area contributed by atoms with Crippen LogP contribution in [0.2, 0.25) is 0 Å². The molecule has 1 amide bonds. The molecule has 6 nitrogen and oxygen atoms in total. The second kappa shape index (κ2) is 8.08. The SMILES string of the molecule is Cc1cc(NC(=O)CCSc2nc(C)c(C)n2C2CCCCC2)no1. The van der Waals surface area contributed by atoms with Crippen LogP contribution in [0.1, 0.15) is 61.7 Å². The Morgan fingerprint density at radius 1 is 1.32 bits per heavy atom. The number of amides is 1. The Hall–Kier alpha value is -1.76. The van der Waals surface area contributed by atoms with Crippen molar-refractivity contribution in [1.29, 1.82) is 0 Å². The Kier molecular flexibility index (Phi) is 5.83. The van der Waals surface area contributed by atoms with Crippen LogP contribution in [0.25, 0.3) is 0 Å². The number of nitrogens with zero attached hydrogens (tertiary/aromatic N) is 3. The van der Waals surface area contributed by atoms with Gasteiger partial charge in [0.15, 0.2) is 11.0 Å². The van der Waals surface area contributed by atoms with Crippen LogP contribution in [0.15, 0.2) is 15.7 Å². The summed E-state index contributed by atoms with van der Waals surface area (Å²) in [6, 6.07) is 2.28. The van der Waals surface area contributed by atoms with Gasteiger partial charge in [0.05, 0.1) is 5.69 Å². The number of carbonyl (C=O) groups excluding carboxylic acids is 1. The molecule has 0 saturated heterocycles. The molecule has 0 atom stereocenters. The molecule has 1 N–H and O–H groups in total. The molecule has 3 rings (SSSR count). The molecule has 2 heterocycles. The maximum Gasteiger partial charge on any atom is 0.226 e. The predicted molar refractivity (Wildman–Crippen MR) is 99.0 cm³/mol. The second-order valence-corrected chi connectivity index (χ2v) is 7.76. The van der Waals surface area contributed by atoms with Crippen molar-refractivity contribution in [3.05, 3.63) is 23.2 Å². The molecule has 0 spiro atoms. The largest absolute Gasteiger partial charge is 0.360 e. The molecule has 0 unspecified atom stereocenters. The molecule has 2 aromatic rings. The van der Waals surface area contributed by atoms with Crippen LogP contribution >= 0.6 is 11.8 Å². The molecule has 0 bridgehead atoms. The van der Waals surface area contributed by atoms with E-state index in [2.05, 4.69) is 28.9 Å². The minimum absolute atomic E-state index is 0.0509. The summed E-state index contributed by atoms with van der Waals surface area (Å²) in [6.07, 6.45) is 6.82. The molecule has 1 fully saturated rings. The zero-order valence-electron chi connectivity index (χ0n) is 15.2. The van der Waals surface area contributed by atoms with Gasteiger partial charge >= 0.3 is 0 Å². The van der Waals surface area contributed by atoms with Gasteiger partial charge in [0.1, 0.15) is 5.76 Å². The van der Waals surface area contributed by atoms with Gasteiger partial charge in [0, 0.05) is 30.0 Å². The number of anilines is 1. The number of carbonyl (C=O) groups is 1. The lowest BCUT2D eigenvalue weighted by atomic mass is 9.95. The first-order valence-corrected chi connectivity index (χ1v) is 9.94. The van der Waals surface area contributed by atoms with E-state index in [0.717, 1.165) is 10.9 Å². The van der Waals surface area contributed by atoms with E-state index >= 15 is 0 Å². The van der Waals surface area contributed by atoms with Crippen LogP contribution in [0.3, 0.4) is 0 Å². The van der Waals surface area contributed by atoms with Crippen LogP contribution in [-0.4, -0.2) is 26.4 Å². The quantitative estimate of drug-likeness (QED) is 0.770. The van der Waals surface area contributed by atoms with Crippen molar-refractivity contribution >= 4 is 23.5 Å². The van der Waals surface area contributed by atoms with Gasteiger partial charge in [-0.05, 0) is 33.6 Å². The Balaban J connectivity index is 1.57. The maximum absolute atomic E-state index is 12.0. The van der Waals surface area contributed by atoms with Gasteiger partial charge < -0.3 is 14.4 Å². The second-order valence-electron chi connectivity index (χ2n) is 6.70. The summed E-state index contributed by atoms with van der Waals surface area (Å²) in [7, 11) is 0. The molecule has 1 aliphatic rings. The van der Waals surface area contributed by atoms with Gasteiger partial charge in [-0.25, -0.2) is 4.98 Å². The summed E-state index contributed by atoms with van der Waals surface area (Å²) >= 11 is 1.67. The molecule has 0 radical (unpaired) electrons. The molecule has 0 aromatic carbocycles. The minimum atomic E-state index is -0.0509. The van der Waals surface area contributed by atoms with E-state index in [9.17, 15) is 4.79 Å². The van der Waals surface area contributed by atoms with Gasteiger partial charge in [-0.2, -0.15) is 0 Å². The normalized spacial score (nSPS) is 15.5. The Morgan fingerprint density at radius 2 is 2.08 bits per heavy atom. The number of rotatable bonds is 6. The van der Waals surface area contributed by atoms with E-state index in [-0.39, 0.29) is 5.91 Å². The molecular formula is C18H26N4O2S. The highest BCUT2D eigenvalue weighted by Gasteiger charge is 2.22. The summed E-state index contributed by atoms with van der Waals surface area (Å²) < 4.78 is 7.36. The number of aryl methyl sites for hydroxylation is 2. The van der Waals surface area contributed by atoms with Gasteiger partial charge in [-0.15, -0.1) is 0 Å². The Morgan fingerprint density at radius 3 is 2.76 bits per heavy atom. The van der Waals surface area contributed by atoms with Crippen LogP contribution in [0.5, 0.6) is 0 Å². The molecule has 25 heavy (non-hydrogen) atoms. The predicted octanol–water partition coefficient (Wildman–Crippen LogP) is 4.42. The average Bonchev–Trinajstić information content (AvgIpc) is 3.12. The highest BCUT2D eigenvalue weighted by molar-refractivity contribution is 7.99. The lowest BCUT2D eigenvalue weighted by molar-refractivity contribution is -0.115. The fraction of sp³-hybridized carbons (Fsp3) is 0.611.